The molecule has 1 amide bonds. The van der Waals surface area contributed by atoms with Crippen LogP contribution in [0.3, 0.4) is 0 Å². The summed E-state index contributed by atoms with van der Waals surface area (Å²) in [6.45, 7) is 3.31. The first kappa shape index (κ1) is 14.3. The fourth-order valence-corrected chi connectivity index (χ4v) is 2.47. The fourth-order valence-electron chi connectivity index (χ4n) is 2.47. The van der Waals surface area contributed by atoms with Gasteiger partial charge in [0.1, 0.15) is 12.4 Å². The van der Waals surface area contributed by atoms with E-state index in [2.05, 4.69) is 4.98 Å². The van der Waals surface area contributed by atoms with Crippen molar-refractivity contribution in [2.75, 3.05) is 18.1 Å². The maximum Gasteiger partial charge on any atom is 0.280 e. The number of nitrogens with zero attached hydrogens (tertiary/aromatic N) is 3. The molecule has 1 aromatic carbocycles. The van der Waals surface area contributed by atoms with E-state index in [9.17, 15) is 18.8 Å². The number of aromatic nitrogens is 2. The summed E-state index contributed by atoms with van der Waals surface area (Å²) in [6.07, 6.45) is 0. The number of carbonyl (C=O) groups is 1. The van der Waals surface area contributed by atoms with E-state index in [1.807, 2.05) is 0 Å². The minimum Gasteiger partial charge on any atom is -0.486 e. The van der Waals surface area contributed by atoms with E-state index in [1.54, 1.807) is 13.8 Å². The van der Waals surface area contributed by atoms with Gasteiger partial charge in [-0.2, -0.15) is 9.12 Å². The molecule has 0 atom stereocenters. The van der Waals surface area contributed by atoms with Crippen molar-refractivity contribution in [2.24, 2.45) is 0 Å². The molecule has 1 aliphatic heterocycles. The third kappa shape index (κ3) is 1.99. The minimum atomic E-state index is -1.14. The minimum absolute atomic E-state index is 0.0184. The molecule has 0 radical (unpaired) electrons. The molecule has 22 heavy (non-hydrogen) atoms. The molecule has 1 aliphatic rings. The van der Waals surface area contributed by atoms with Gasteiger partial charge in [-0.15, -0.1) is 0 Å². The number of halogens is 2. The van der Waals surface area contributed by atoms with Gasteiger partial charge >= 0.3 is 0 Å². The van der Waals surface area contributed by atoms with Crippen LogP contribution in [0.1, 0.15) is 22.0 Å². The molecule has 0 saturated carbocycles. The Balaban J connectivity index is 2.08. The Hall–Kier alpha value is -2.64. The van der Waals surface area contributed by atoms with Crippen LogP contribution in [-0.2, 0) is 0 Å². The van der Waals surface area contributed by atoms with Crippen LogP contribution in [0.25, 0.3) is 0 Å². The van der Waals surface area contributed by atoms with E-state index in [4.69, 9.17) is 4.74 Å². The molecule has 0 bridgehead atoms. The average Bonchev–Trinajstić information content (AvgIpc) is 2.75. The van der Waals surface area contributed by atoms with Crippen molar-refractivity contribution in [3.05, 3.63) is 41.0 Å². The van der Waals surface area contributed by atoms with Crippen molar-refractivity contribution in [3.63, 3.8) is 0 Å². The Labute approximate surface area is 124 Å². The van der Waals surface area contributed by atoms with E-state index < -0.39 is 17.5 Å². The van der Waals surface area contributed by atoms with Crippen molar-refractivity contribution in [1.29, 1.82) is 0 Å². The lowest BCUT2D eigenvalue weighted by Crippen LogP contribution is -2.39. The van der Waals surface area contributed by atoms with Gasteiger partial charge in [0.25, 0.3) is 5.91 Å². The Kier molecular flexibility index (Phi) is 3.23. The highest BCUT2D eigenvalue weighted by Crippen LogP contribution is 2.36. The molecular formula is C14H13F2N3O3. The van der Waals surface area contributed by atoms with Gasteiger partial charge in [0, 0.05) is 0 Å². The summed E-state index contributed by atoms with van der Waals surface area (Å²) in [4.78, 5) is 17.9. The number of benzene rings is 1. The number of ether oxygens (including phenoxy) is 1. The summed E-state index contributed by atoms with van der Waals surface area (Å²) >= 11 is 0. The second kappa shape index (κ2) is 4.97. The van der Waals surface area contributed by atoms with Crippen LogP contribution in [0, 0.1) is 25.5 Å². The normalized spacial score (nSPS) is 13.7. The number of fused-ring (bicyclic) bond motifs is 1. The monoisotopic (exact) mass is 309 g/mol. The zero-order valence-electron chi connectivity index (χ0n) is 11.9. The van der Waals surface area contributed by atoms with Crippen LogP contribution in [0.2, 0.25) is 0 Å². The summed E-state index contributed by atoms with van der Waals surface area (Å²) in [7, 11) is 0. The number of hydrogen-bond acceptors (Lipinski definition) is 4. The number of anilines is 1. The number of amides is 1. The molecule has 0 spiro atoms. The summed E-state index contributed by atoms with van der Waals surface area (Å²) in [5.41, 5.74) is 0.448. The predicted molar refractivity (Wildman–Crippen MR) is 72.4 cm³/mol. The zero-order chi connectivity index (χ0) is 16.0. The van der Waals surface area contributed by atoms with Gasteiger partial charge in [-0.3, -0.25) is 9.69 Å². The van der Waals surface area contributed by atoms with Crippen LogP contribution in [0.15, 0.2) is 12.1 Å². The van der Waals surface area contributed by atoms with Gasteiger partial charge in [0.05, 0.1) is 17.9 Å². The lowest BCUT2D eigenvalue weighted by atomic mass is 10.2. The molecule has 3 rings (SSSR count). The first-order valence-electron chi connectivity index (χ1n) is 6.59. The number of imidazole rings is 1. The van der Waals surface area contributed by atoms with Gasteiger partial charge < -0.3 is 9.94 Å². The lowest BCUT2D eigenvalue weighted by Gasteiger charge is -2.29. The highest BCUT2D eigenvalue weighted by atomic mass is 19.2. The Bertz CT molecular complexity index is 773. The highest BCUT2D eigenvalue weighted by Gasteiger charge is 2.31. The van der Waals surface area contributed by atoms with E-state index in [0.29, 0.717) is 10.4 Å². The van der Waals surface area contributed by atoms with E-state index in [1.165, 1.54) is 11.0 Å². The van der Waals surface area contributed by atoms with Gasteiger partial charge in [-0.25, -0.2) is 9.37 Å². The van der Waals surface area contributed by atoms with Crippen LogP contribution >= 0.6 is 0 Å². The molecule has 1 aromatic heterocycles. The molecule has 2 aromatic rings. The summed E-state index contributed by atoms with van der Waals surface area (Å²) in [5, 5.41) is 9.91. The third-order valence-corrected chi connectivity index (χ3v) is 3.52. The van der Waals surface area contributed by atoms with Crippen LogP contribution in [-0.4, -0.2) is 34.0 Å². The van der Waals surface area contributed by atoms with Crippen molar-refractivity contribution < 1.29 is 23.5 Å². The Morgan fingerprint density at radius 1 is 1.36 bits per heavy atom. The summed E-state index contributed by atoms with van der Waals surface area (Å²) in [6, 6.07) is 2.20. The number of rotatable bonds is 1. The second-order valence-corrected chi connectivity index (χ2v) is 4.92. The molecule has 0 aliphatic carbocycles. The quantitative estimate of drug-likeness (QED) is 0.819. The number of aryl methyl sites for hydroxylation is 2. The largest absolute Gasteiger partial charge is 0.486 e. The molecule has 8 heteroatoms. The van der Waals surface area contributed by atoms with Crippen LogP contribution < -0.4 is 9.64 Å². The van der Waals surface area contributed by atoms with E-state index in [0.717, 1.165) is 6.07 Å². The lowest BCUT2D eigenvalue weighted by molar-refractivity contribution is 0.0920. The van der Waals surface area contributed by atoms with Crippen molar-refractivity contribution in [3.8, 4) is 5.75 Å². The van der Waals surface area contributed by atoms with Crippen molar-refractivity contribution >= 4 is 11.6 Å². The predicted octanol–water partition coefficient (Wildman–Crippen LogP) is 2.05. The Morgan fingerprint density at radius 2 is 2.09 bits per heavy atom. The standard InChI is InChI=1S/C14H13F2N3O3/c1-7-12(19(21)8(2)17-7)14(20)18-5-6-22-13-10(18)4-3-9(15)11(13)16/h3-4,21H,5-6H2,1-2H3. The fraction of sp³-hybridized carbons (Fsp3) is 0.286. The smallest absolute Gasteiger partial charge is 0.280 e. The average molecular weight is 309 g/mol. The second-order valence-electron chi connectivity index (χ2n) is 4.92. The van der Waals surface area contributed by atoms with Crippen molar-refractivity contribution in [2.45, 2.75) is 13.8 Å². The number of carbonyl (C=O) groups excluding carboxylic acids is 1. The summed E-state index contributed by atoms with van der Waals surface area (Å²) < 4.78 is 32.9. The molecule has 116 valence electrons. The van der Waals surface area contributed by atoms with Crippen LogP contribution in [0.5, 0.6) is 5.75 Å². The van der Waals surface area contributed by atoms with Gasteiger partial charge in [0.15, 0.2) is 17.3 Å². The van der Waals surface area contributed by atoms with Gasteiger partial charge in [-0.05, 0) is 26.0 Å². The zero-order valence-corrected chi connectivity index (χ0v) is 11.9. The third-order valence-electron chi connectivity index (χ3n) is 3.52. The van der Waals surface area contributed by atoms with Crippen molar-refractivity contribution in [1.82, 2.24) is 9.71 Å². The van der Waals surface area contributed by atoms with Crippen LogP contribution in [0.4, 0.5) is 14.5 Å². The molecular weight excluding hydrogens is 296 g/mol. The van der Waals surface area contributed by atoms with E-state index in [-0.39, 0.29) is 36.1 Å². The molecule has 2 heterocycles. The first-order valence-corrected chi connectivity index (χ1v) is 6.59. The maximum absolute atomic E-state index is 13.8. The SMILES string of the molecule is Cc1nc(C)n(O)c1C(=O)N1CCOc2c1ccc(F)c2F. The summed E-state index contributed by atoms with van der Waals surface area (Å²) in [5.74, 6) is -2.79. The Morgan fingerprint density at radius 3 is 2.73 bits per heavy atom. The molecule has 0 saturated heterocycles. The van der Waals surface area contributed by atoms with E-state index >= 15 is 0 Å². The van der Waals surface area contributed by atoms with Gasteiger partial charge in [-0.1, -0.05) is 0 Å². The molecule has 6 nitrogen and oxygen atoms in total. The first-order chi connectivity index (χ1) is 10.4. The van der Waals surface area contributed by atoms with Gasteiger partial charge in [0.2, 0.25) is 5.82 Å². The maximum atomic E-state index is 13.8. The molecule has 0 unspecified atom stereocenters. The molecule has 0 fully saturated rings. The number of hydrogen-bond donors (Lipinski definition) is 1. The molecule has 1 N–H and O–H groups in total. The topological polar surface area (TPSA) is 67.6 Å². The highest BCUT2D eigenvalue weighted by molar-refractivity contribution is 6.06.